The smallest absolute Gasteiger partial charge is 0.422 e. The lowest BCUT2D eigenvalue weighted by molar-refractivity contribution is -0.187. The van der Waals surface area contributed by atoms with Gasteiger partial charge in [-0.25, -0.2) is 9.59 Å². The van der Waals surface area contributed by atoms with Crippen LogP contribution in [0.1, 0.15) is 6.42 Å². The number of ether oxygens (including phenoxy) is 2. The van der Waals surface area contributed by atoms with E-state index >= 15 is 0 Å². The number of rotatable bonds is 6. The lowest BCUT2D eigenvalue weighted by Gasteiger charge is -2.09. The van der Waals surface area contributed by atoms with Gasteiger partial charge in [-0.1, -0.05) is 0 Å². The molecule has 144 valence electrons. The van der Waals surface area contributed by atoms with Crippen LogP contribution in [-0.4, -0.2) is 62.4 Å². The van der Waals surface area contributed by atoms with Gasteiger partial charge < -0.3 is 20.1 Å². The molecule has 8 nitrogen and oxygen atoms in total. The fourth-order valence-corrected chi connectivity index (χ4v) is 1.06. The minimum atomic E-state index is -4.79. The fraction of sp³-hybridized carbons (Fsp3) is 0.636. The number of halogens is 6. The first kappa shape index (κ1) is 22.5. The Balaban J connectivity index is 3.87. The van der Waals surface area contributed by atoms with Crippen molar-refractivity contribution < 1.29 is 55.0 Å². The molecule has 0 fully saturated rings. The molecule has 0 radical (unpaired) electrons. The Labute approximate surface area is 135 Å². The number of hydrogen-bond acceptors (Lipinski definition) is 6. The molecule has 0 saturated carbocycles. The van der Waals surface area contributed by atoms with Crippen LogP contribution in [-0.2, 0) is 28.7 Å². The number of hydrogen-bond donors (Lipinski definition) is 2. The third-order valence-corrected chi connectivity index (χ3v) is 2.03. The van der Waals surface area contributed by atoms with Gasteiger partial charge in [-0.2, -0.15) is 26.3 Å². The molecule has 0 aliphatic heterocycles. The summed E-state index contributed by atoms with van der Waals surface area (Å²) in [5.74, 6) is -6.45. The molecule has 0 aromatic heterocycles. The van der Waals surface area contributed by atoms with Crippen LogP contribution in [0, 0.1) is 0 Å². The molecule has 14 heteroatoms. The van der Waals surface area contributed by atoms with Gasteiger partial charge in [-0.3, -0.25) is 9.59 Å². The first-order valence-corrected chi connectivity index (χ1v) is 6.35. The summed E-state index contributed by atoms with van der Waals surface area (Å²) in [6, 6.07) is 0. The Kier molecular flexibility index (Phi) is 8.70. The van der Waals surface area contributed by atoms with Crippen molar-refractivity contribution in [2.45, 2.75) is 18.8 Å². The number of esters is 2. The highest BCUT2D eigenvalue weighted by Crippen LogP contribution is 2.14. The zero-order chi connectivity index (χ0) is 19.7. The number of carbonyl (C=O) groups excluding carboxylic acids is 4. The van der Waals surface area contributed by atoms with Gasteiger partial charge in [0.15, 0.2) is 13.2 Å². The van der Waals surface area contributed by atoms with Gasteiger partial charge in [-0.15, -0.1) is 0 Å². The summed E-state index contributed by atoms with van der Waals surface area (Å²) in [6.07, 6.45) is -9.67. The van der Waals surface area contributed by atoms with E-state index in [-0.39, 0.29) is 19.5 Å². The average Bonchev–Trinajstić information content (AvgIpc) is 2.47. The number of carbonyl (C=O) groups is 4. The summed E-state index contributed by atoms with van der Waals surface area (Å²) >= 11 is 0. The molecule has 0 rings (SSSR count). The molecule has 0 unspecified atom stereocenters. The maximum atomic E-state index is 11.7. The molecule has 0 aromatic rings. The van der Waals surface area contributed by atoms with E-state index in [4.69, 9.17) is 0 Å². The van der Waals surface area contributed by atoms with E-state index in [9.17, 15) is 45.5 Å². The highest BCUT2D eigenvalue weighted by molar-refractivity contribution is 6.32. The third kappa shape index (κ3) is 12.5. The van der Waals surface area contributed by atoms with E-state index in [2.05, 4.69) is 9.47 Å². The predicted octanol–water partition coefficient (Wildman–Crippen LogP) is -0.180. The van der Waals surface area contributed by atoms with E-state index in [1.165, 1.54) is 0 Å². The van der Waals surface area contributed by atoms with Crippen LogP contribution in [0.15, 0.2) is 0 Å². The van der Waals surface area contributed by atoms with Crippen molar-refractivity contribution in [3.05, 3.63) is 0 Å². The van der Waals surface area contributed by atoms with Crippen molar-refractivity contribution in [2.75, 3.05) is 26.3 Å². The highest BCUT2D eigenvalue weighted by atomic mass is 19.4. The van der Waals surface area contributed by atoms with Crippen molar-refractivity contribution in [3.63, 3.8) is 0 Å². The lowest BCUT2D eigenvalue weighted by atomic mass is 10.4. The van der Waals surface area contributed by atoms with Crippen molar-refractivity contribution in [1.29, 1.82) is 0 Å². The third-order valence-electron chi connectivity index (χ3n) is 2.03. The van der Waals surface area contributed by atoms with Gasteiger partial charge in [0.05, 0.1) is 0 Å². The van der Waals surface area contributed by atoms with E-state index in [0.717, 1.165) is 0 Å². The minimum absolute atomic E-state index is 0.0867. The summed E-state index contributed by atoms with van der Waals surface area (Å²) in [5.41, 5.74) is 0. The number of amides is 2. The summed E-state index contributed by atoms with van der Waals surface area (Å²) in [7, 11) is 0. The second-order valence-electron chi connectivity index (χ2n) is 4.25. The first-order chi connectivity index (χ1) is 11.3. The van der Waals surface area contributed by atoms with Crippen LogP contribution >= 0.6 is 0 Å². The van der Waals surface area contributed by atoms with E-state index in [0.29, 0.717) is 0 Å². The molecule has 2 amide bonds. The standard InChI is InChI=1S/C11H12F6N2O6/c12-10(13,14)4-24-8(22)6(20)18-2-1-3-19-7(21)9(23)25-5-11(15,16)17/h1-5H2,(H,18,20)(H,19,21). The summed E-state index contributed by atoms with van der Waals surface area (Å²) < 4.78 is 77.8. The van der Waals surface area contributed by atoms with Gasteiger partial charge in [0, 0.05) is 13.1 Å². The van der Waals surface area contributed by atoms with Crippen LogP contribution in [0.3, 0.4) is 0 Å². The zero-order valence-corrected chi connectivity index (χ0v) is 12.3. The van der Waals surface area contributed by atoms with E-state index < -0.39 is 49.3 Å². The molecule has 0 spiro atoms. The topological polar surface area (TPSA) is 111 Å². The van der Waals surface area contributed by atoms with Gasteiger partial charge in [-0.05, 0) is 6.42 Å². The van der Waals surface area contributed by atoms with Crippen molar-refractivity contribution >= 4 is 23.8 Å². The number of nitrogens with one attached hydrogen (secondary N) is 2. The predicted molar refractivity (Wildman–Crippen MR) is 64.7 cm³/mol. The normalized spacial score (nSPS) is 11.4. The minimum Gasteiger partial charge on any atom is -0.449 e. The Bertz CT molecular complexity index is 460. The highest BCUT2D eigenvalue weighted by Gasteiger charge is 2.31. The Morgan fingerprint density at radius 2 is 1.00 bits per heavy atom. The zero-order valence-electron chi connectivity index (χ0n) is 12.3. The SMILES string of the molecule is O=C(NCCCNC(=O)C(=O)OCC(F)(F)F)C(=O)OCC(F)(F)F. The van der Waals surface area contributed by atoms with Gasteiger partial charge in [0.2, 0.25) is 0 Å². The summed E-state index contributed by atoms with van der Waals surface area (Å²) in [4.78, 5) is 43.7. The molecule has 0 saturated heterocycles. The molecule has 0 bridgehead atoms. The van der Waals surface area contributed by atoms with Crippen LogP contribution in [0.5, 0.6) is 0 Å². The van der Waals surface area contributed by atoms with Crippen molar-refractivity contribution in [3.8, 4) is 0 Å². The largest absolute Gasteiger partial charge is 0.449 e. The maximum absolute atomic E-state index is 11.7. The monoisotopic (exact) mass is 382 g/mol. The van der Waals surface area contributed by atoms with Gasteiger partial charge in [0.1, 0.15) is 0 Å². The molecule has 0 aromatic carbocycles. The summed E-state index contributed by atoms with van der Waals surface area (Å²) in [6.45, 7) is -4.46. The van der Waals surface area contributed by atoms with Crippen molar-refractivity contribution in [1.82, 2.24) is 10.6 Å². The van der Waals surface area contributed by atoms with Crippen LogP contribution in [0.4, 0.5) is 26.3 Å². The first-order valence-electron chi connectivity index (χ1n) is 6.35. The maximum Gasteiger partial charge on any atom is 0.422 e. The fourth-order valence-electron chi connectivity index (χ4n) is 1.06. The Morgan fingerprint density at radius 3 is 1.28 bits per heavy atom. The Hall–Kier alpha value is -2.54. The molecule has 2 N–H and O–H groups in total. The van der Waals surface area contributed by atoms with Gasteiger partial charge >= 0.3 is 36.1 Å². The lowest BCUT2D eigenvalue weighted by Crippen LogP contribution is -2.38. The molecule has 0 heterocycles. The molecule has 0 aliphatic rings. The number of alkyl halides is 6. The molecular formula is C11H12F6N2O6. The molecule has 0 atom stereocenters. The molecule has 0 aliphatic carbocycles. The quantitative estimate of drug-likeness (QED) is 0.285. The van der Waals surface area contributed by atoms with Crippen LogP contribution in [0.2, 0.25) is 0 Å². The van der Waals surface area contributed by atoms with Crippen LogP contribution < -0.4 is 10.6 Å². The summed E-state index contributed by atoms with van der Waals surface area (Å²) in [5, 5.41) is 3.74. The Morgan fingerprint density at radius 1 is 0.680 bits per heavy atom. The van der Waals surface area contributed by atoms with Crippen molar-refractivity contribution in [2.24, 2.45) is 0 Å². The van der Waals surface area contributed by atoms with Crippen LogP contribution in [0.25, 0.3) is 0 Å². The molecule has 25 heavy (non-hydrogen) atoms. The average molecular weight is 382 g/mol. The van der Waals surface area contributed by atoms with E-state index in [1.807, 2.05) is 10.6 Å². The van der Waals surface area contributed by atoms with E-state index in [1.54, 1.807) is 0 Å². The van der Waals surface area contributed by atoms with Gasteiger partial charge in [0.25, 0.3) is 0 Å². The second-order valence-corrected chi connectivity index (χ2v) is 4.25. The second kappa shape index (κ2) is 9.68. The molecular weight excluding hydrogens is 370 g/mol.